The minimum atomic E-state index is 0. The molecule has 7 heteroatoms. The maximum absolute atomic E-state index is 6.08. The Morgan fingerprint density at radius 1 is 1.26 bits per heavy atom. The van der Waals surface area contributed by atoms with E-state index in [-0.39, 0.29) is 30.1 Å². The highest BCUT2D eigenvalue weighted by molar-refractivity contribution is 14.0. The number of nitrogens with zero attached hydrogens (tertiary/aromatic N) is 3. The lowest BCUT2D eigenvalue weighted by Crippen LogP contribution is -2.47. The molecule has 0 saturated carbocycles. The highest BCUT2D eigenvalue weighted by Crippen LogP contribution is 2.19. The molecule has 0 spiro atoms. The van der Waals surface area contributed by atoms with E-state index in [2.05, 4.69) is 34.0 Å². The van der Waals surface area contributed by atoms with Gasteiger partial charge in [0.2, 0.25) is 0 Å². The first-order valence-corrected chi connectivity index (χ1v) is 10.1. The molecule has 1 aliphatic heterocycles. The zero-order valence-corrected chi connectivity index (χ0v) is 19.4. The molecule has 1 saturated heterocycles. The van der Waals surface area contributed by atoms with Gasteiger partial charge in [-0.3, -0.25) is 4.99 Å². The number of hydrogen-bond donors (Lipinski definition) is 1. The number of para-hydroxylation sites is 1. The number of rotatable bonds is 5. The van der Waals surface area contributed by atoms with Gasteiger partial charge in [-0.2, -0.15) is 0 Å². The molecule has 1 aromatic heterocycles. The van der Waals surface area contributed by atoms with E-state index in [0.29, 0.717) is 0 Å². The summed E-state index contributed by atoms with van der Waals surface area (Å²) in [6.07, 6.45) is 3.31. The number of benzene rings is 1. The summed E-state index contributed by atoms with van der Waals surface area (Å²) in [6, 6.07) is 10.1. The molecule has 1 fully saturated rings. The van der Waals surface area contributed by atoms with E-state index in [1.165, 1.54) is 4.88 Å². The first-order chi connectivity index (χ1) is 12.7. The van der Waals surface area contributed by atoms with Gasteiger partial charge in [-0.05, 0) is 26.0 Å². The van der Waals surface area contributed by atoms with Crippen LogP contribution in [0.4, 0.5) is 0 Å². The topological polar surface area (TPSA) is 49.8 Å². The van der Waals surface area contributed by atoms with Crippen LogP contribution in [-0.4, -0.2) is 48.6 Å². The Hall–Kier alpha value is -1.35. The van der Waals surface area contributed by atoms with Crippen LogP contribution in [0.1, 0.15) is 28.4 Å². The summed E-state index contributed by atoms with van der Waals surface area (Å²) in [5.41, 5.74) is 1.16. The van der Waals surface area contributed by atoms with Crippen LogP contribution in [0, 0.1) is 13.8 Å². The summed E-state index contributed by atoms with van der Waals surface area (Å²) in [4.78, 5) is 12.6. The van der Waals surface area contributed by atoms with Crippen LogP contribution >= 0.6 is 35.3 Å². The van der Waals surface area contributed by atoms with Crippen molar-refractivity contribution < 1.29 is 4.74 Å². The molecule has 148 valence electrons. The number of aryl methyl sites for hydroxylation is 2. The van der Waals surface area contributed by atoms with E-state index in [4.69, 9.17) is 4.74 Å². The SMILES string of the molecule is CN=C(NCCc1sc(C)nc1C)N1CCC(Oc2ccccc2)CC1.I. The molecular formula is C20H29IN4OS. The van der Waals surface area contributed by atoms with Crippen LogP contribution in [0.3, 0.4) is 0 Å². The first kappa shape index (κ1) is 21.9. The van der Waals surface area contributed by atoms with Crippen molar-refractivity contribution in [3.63, 3.8) is 0 Å². The van der Waals surface area contributed by atoms with Crippen LogP contribution in [0.2, 0.25) is 0 Å². The monoisotopic (exact) mass is 500 g/mol. The largest absolute Gasteiger partial charge is 0.490 e. The summed E-state index contributed by atoms with van der Waals surface area (Å²) in [5.74, 6) is 1.95. The van der Waals surface area contributed by atoms with Crippen molar-refractivity contribution in [1.82, 2.24) is 15.2 Å². The molecule has 0 unspecified atom stereocenters. The Labute approximate surface area is 183 Å². The van der Waals surface area contributed by atoms with Crippen molar-refractivity contribution >= 4 is 41.3 Å². The van der Waals surface area contributed by atoms with Crippen molar-refractivity contribution in [3.05, 3.63) is 45.9 Å². The molecule has 27 heavy (non-hydrogen) atoms. The van der Waals surface area contributed by atoms with Gasteiger partial charge in [-0.1, -0.05) is 18.2 Å². The Balaban J connectivity index is 0.00000261. The van der Waals surface area contributed by atoms with Crippen LogP contribution < -0.4 is 10.1 Å². The zero-order valence-electron chi connectivity index (χ0n) is 16.3. The van der Waals surface area contributed by atoms with Gasteiger partial charge in [0.05, 0.1) is 10.7 Å². The van der Waals surface area contributed by atoms with Crippen molar-refractivity contribution in [2.24, 2.45) is 4.99 Å². The molecule has 2 heterocycles. The Morgan fingerprint density at radius 2 is 1.96 bits per heavy atom. The van der Waals surface area contributed by atoms with Gasteiger partial charge in [0.15, 0.2) is 5.96 Å². The Kier molecular flexibility index (Phi) is 8.82. The predicted molar refractivity (Wildman–Crippen MR) is 124 cm³/mol. The molecule has 0 aliphatic carbocycles. The highest BCUT2D eigenvalue weighted by atomic mass is 127. The molecule has 2 aromatic rings. The predicted octanol–water partition coefficient (Wildman–Crippen LogP) is 4.04. The van der Waals surface area contributed by atoms with Crippen molar-refractivity contribution in [3.8, 4) is 5.75 Å². The lowest BCUT2D eigenvalue weighted by atomic mass is 10.1. The molecule has 3 rings (SSSR count). The smallest absolute Gasteiger partial charge is 0.193 e. The molecule has 1 aliphatic rings. The van der Waals surface area contributed by atoms with E-state index in [9.17, 15) is 0 Å². The molecule has 5 nitrogen and oxygen atoms in total. The normalized spacial score (nSPS) is 15.4. The number of nitrogens with one attached hydrogen (secondary N) is 1. The second-order valence-electron chi connectivity index (χ2n) is 6.58. The van der Waals surface area contributed by atoms with E-state index in [0.717, 1.165) is 61.3 Å². The first-order valence-electron chi connectivity index (χ1n) is 9.26. The zero-order chi connectivity index (χ0) is 18.4. The standard InChI is InChI=1S/C20H28N4OS.HI/c1-15-19(26-16(2)23-15)9-12-22-20(21-3)24-13-10-18(11-14-24)25-17-7-5-4-6-8-17;/h4-8,18H,9-14H2,1-3H3,(H,21,22);1H. The van der Waals surface area contributed by atoms with Crippen LogP contribution in [0.15, 0.2) is 35.3 Å². The van der Waals surface area contributed by atoms with Gasteiger partial charge in [0.1, 0.15) is 11.9 Å². The van der Waals surface area contributed by atoms with Gasteiger partial charge in [-0.25, -0.2) is 4.98 Å². The molecule has 0 atom stereocenters. The average Bonchev–Trinajstić information content (AvgIpc) is 2.98. The van der Waals surface area contributed by atoms with E-state index in [1.54, 1.807) is 11.3 Å². The fourth-order valence-electron chi connectivity index (χ4n) is 3.30. The van der Waals surface area contributed by atoms with Crippen LogP contribution in [0.5, 0.6) is 5.75 Å². The minimum absolute atomic E-state index is 0. The molecule has 1 N–H and O–H groups in total. The Bertz CT molecular complexity index is 727. The summed E-state index contributed by atoms with van der Waals surface area (Å²) in [5, 5.41) is 4.64. The average molecular weight is 500 g/mol. The lowest BCUT2D eigenvalue weighted by Gasteiger charge is -2.34. The van der Waals surface area contributed by atoms with Gasteiger partial charge in [0, 0.05) is 50.8 Å². The highest BCUT2D eigenvalue weighted by Gasteiger charge is 2.22. The molecule has 0 amide bonds. The van der Waals surface area contributed by atoms with Gasteiger partial charge >= 0.3 is 0 Å². The third-order valence-electron chi connectivity index (χ3n) is 4.63. The second kappa shape index (κ2) is 10.8. The minimum Gasteiger partial charge on any atom is -0.490 e. The van der Waals surface area contributed by atoms with Gasteiger partial charge < -0.3 is 15.0 Å². The Morgan fingerprint density at radius 3 is 2.56 bits per heavy atom. The summed E-state index contributed by atoms with van der Waals surface area (Å²) < 4.78 is 6.08. The summed E-state index contributed by atoms with van der Waals surface area (Å²) >= 11 is 1.79. The molecule has 1 aromatic carbocycles. The number of halogens is 1. The number of likely N-dealkylation sites (tertiary alicyclic amines) is 1. The second-order valence-corrected chi connectivity index (χ2v) is 7.87. The maximum Gasteiger partial charge on any atom is 0.193 e. The van der Waals surface area contributed by atoms with Crippen molar-refractivity contribution in [1.29, 1.82) is 0 Å². The quantitative estimate of drug-likeness (QED) is 0.383. The number of guanidine groups is 1. The van der Waals surface area contributed by atoms with E-state index >= 15 is 0 Å². The van der Waals surface area contributed by atoms with Gasteiger partial charge in [0.25, 0.3) is 0 Å². The fraction of sp³-hybridized carbons (Fsp3) is 0.500. The van der Waals surface area contributed by atoms with E-state index in [1.807, 2.05) is 37.4 Å². The molecule has 0 radical (unpaired) electrons. The maximum atomic E-state index is 6.08. The van der Waals surface area contributed by atoms with Crippen LogP contribution in [0.25, 0.3) is 0 Å². The number of ether oxygens (including phenoxy) is 1. The van der Waals surface area contributed by atoms with Crippen LogP contribution in [-0.2, 0) is 6.42 Å². The van der Waals surface area contributed by atoms with Crippen molar-refractivity contribution in [2.75, 3.05) is 26.7 Å². The molecule has 0 bridgehead atoms. The number of thiazole rings is 1. The van der Waals surface area contributed by atoms with Gasteiger partial charge in [-0.15, -0.1) is 35.3 Å². The number of hydrogen-bond acceptors (Lipinski definition) is 4. The third-order valence-corrected chi connectivity index (χ3v) is 5.77. The lowest BCUT2D eigenvalue weighted by molar-refractivity contribution is 0.129. The third kappa shape index (κ3) is 6.34. The number of piperidine rings is 1. The summed E-state index contributed by atoms with van der Waals surface area (Å²) in [6.45, 7) is 6.97. The number of aliphatic imine (C=N–C) groups is 1. The molecular weight excluding hydrogens is 471 g/mol. The number of aromatic nitrogens is 1. The fourth-order valence-corrected chi connectivity index (χ4v) is 4.24. The van der Waals surface area contributed by atoms with E-state index < -0.39 is 0 Å². The summed E-state index contributed by atoms with van der Waals surface area (Å²) in [7, 11) is 1.86. The van der Waals surface area contributed by atoms with Crippen molar-refractivity contribution in [2.45, 2.75) is 39.2 Å².